The van der Waals surface area contributed by atoms with E-state index >= 15 is 0 Å². The van der Waals surface area contributed by atoms with E-state index in [0.29, 0.717) is 22.6 Å². The molecule has 9 nitrogen and oxygen atoms in total. The van der Waals surface area contributed by atoms with Gasteiger partial charge in [0.1, 0.15) is 5.75 Å². The van der Waals surface area contributed by atoms with E-state index < -0.39 is 32.1 Å². The zero-order valence-corrected chi connectivity index (χ0v) is 24.1. The second kappa shape index (κ2) is 11.3. The average Bonchev–Trinajstić information content (AvgIpc) is 2.95. The first kappa shape index (κ1) is 28.2. The Morgan fingerprint density at radius 1 is 0.829 bits per heavy atom. The minimum absolute atomic E-state index is 0.0229. The van der Waals surface area contributed by atoms with Crippen molar-refractivity contribution < 1.29 is 26.4 Å². The molecule has 5 rings (SSSR count). The van der Waals surface area contributed by atoms with Crippen molar-refractivity contribution in [3.8, 4) is 5.75 Å². The lowest BCUT2D eigenvalue weighted by molar-refractivity contribution is -0.122. The zero-order chi connectivity index (χ0) is 29.2. The van der Waals surface area contributed by atoms with E-state index in [0.717, 1.165) is 11.1 Å². The molecule has 2 N–H and O–H groups in total. The van der Waals surface area contributed by atoms with Crippen molar-refractivity contribution >= 4 is 43.0 Å². The molecule has 0 radical (unpaired) electrons. The largest absolute Gasteiger partial charge is 0.476 e. The maximum Gasteiger partial charge on any atom is 0.267 e. The third-order valence-corrected chi connectivity index (χ3v) is 9.86. The molecule has 0 bridgehead atoms. The molecular formula is C30H29N3O6S2. The van der Waals surface area contributed by atoms with Gasteiger partial charge in [0.2, 0.25) is 10.0 Å². The molecule has 1 aliphatic rings. The number of hydrogen-bond donors (Lipinski definition) is 2. The van der Waals surface area contributed by atoms with Crippen LogP contribution in [0.3, 0.4) is 0 Å². The third kappa shape index (κ3) is 6.36. The van der Waals surface area contributed by atoms with Crippen LogP contribution in [0.15, 0.2) is 102 Å². The fourth-order valence-electron chi connectivity index (χ4n) is 4.42. The maximum atomic E-state index is 13.4. The van der Waals surface area contributed by atoms with E-state index in [-0.39, 0.29) is 22.9 Å². The van der Waals surface area contributed by atoms with Crippen molar-refractivity contribution in [3.05, 3.63) is 114 Å². The SMILES string of the molecule is Cc1ccc(NS(=O)(=O)c2ccc(NC(=O)[C@@H]3CN(S(=O)(=O)Cc4ccccc4)c4ccccc4O3)cc2)cc1C. The van der Waals surface area contributed by atoms with Gasteiger partial charge < -0.3 is 10.1 Å². The minimum atomic E-state index is -3.85. The molecule has 0 saturated carbocycles. The summed E-state index contributed by atoms with van der Waals surface area (Å²) in [5, 5.41) is 2.71. The number of sulfonamides is 2. The molecule has 1 heterocycles. The normalized spacial score (nSPS) is 15.0. The number of rotatable bonds is 8. The molecule has 0 aromatic heterocycles. The number of anilines is 3. The van der Waals surface area contributed by atoms with E-state index in [4.69, 9.17) is 4.74 Å². The molecule has 0 fully saturated rings. The van der Waals surface area contributed by atoms with Gasteiger partial charge in [-0.05, 0) is 79.1 Å². The van der Waals surface area contributed by atoms with Crippen LogP contribution < -0.4 is 19.1 Å². The number of carbonyl (C=O) groups excluding carboxylic acids is 1. The fourth-order valence-corrected chi connectivity index (χ4v) is 7.06. The highest BCUT2D eigenvalue weighted by Crippen LogP contribution is 2.36. The number of nitrogens with zero attached hydrogens (tertiary/aromatic N) is 1. The van der Waals surface area contributed by atoms with Crippen LogP contribution in [0.4, 0.5) is 17.1 Å². The van der Waals surface area contributed by atoms with Crippen LogP contribution in [0.25, 0.3) is 0 Å². The van der Waals surface area contributed by atoms with Gasteiger partial charge in [-0.15, -0.1) is 0 Å². The number of para-hydroxylation sites is 2. The summed E-state index contributed by atoms with van der Waals surface area (Å²) in [7, 11) is -7.69. The van der Waals surface area contributed by atoms with Crippen LogP contribution in [-0.2, 0) is 30.6 Å². The molecule has 1 atom stereocenters. The lowest BCUT2D eigenvalue weighted by Gasteiger charge is -2.34. The molecule has 4 aromatic carbocycles. The van der Waals surface area contributed by atoms with Crippen molar-refractivity contribution in [1.29, 1.82) is 0 Å². The highest BCUT2D eigenvalue weighted by Gasteiger charge is 2.36. The number of benzene rings is 4. The van der Waals surface area contributed by atoms with Crippen molar-refractivity contribution in [2.75, 3.05) is 20.9 Å². The quantitative estimate of drug-likeness (QED) is 0.302. The minimum Gasteiger partial charge on any atom is -0.476 e. The van der Waals surface area contributed by atoms with Gasteiger partial charge in [0.15, 0.2) is 6.10 Å². The van der Waals surface area contributed by atoms with E-state index in [1.165, 1.54) is 28.6 Å². The molecule has 4 aromatic rings. The Morgan fingerprint density at radius 3 is 2.20 bits per heavy atom. The van der Waals surface area contributed by atoms with Crippen LogP contribution in [-0.4, -0.2) is 35.4 Å². The number of fused-ring (bicyclic) bond motifs is 1. The van der Waals surface area contributed by atoms with Crippen molar-refractivity contribution in [2.24, 2.45) is 0 Å². The smallest absolute Gasteiger partial charge is 0.267 e. The molecule has 212 valence electrons. The Bertz CT molecular complexity index is 1790. The van der Waals surface area contributed by atoms with Gasteiger partial charge in [0.25, 0.3) is 15.9 Å². The van der Waals surface area contributed by atoms with Crippen LogP contribution in [0.5, 0.6) is 5.75 Å². The Hall–Kier alpha value is -4.35. The summed E-state index contributed by atoms with van der Waals surface area (Å²) < 4.78 is 62.2. The second-order valence-corrected chi connectivity index (χ2v) is 13.3. The summed E-state index contributed by atoms with van der Waals surface area (Å²) in [6.07, 6.45) is -1.13. The monoisotopic (exact) mass is 591 g/mol. The van der Waals surface area contributed by atoms with Crippen LogP contribution in [0.2, 0.25) is 0 Å². The molecule has 1 aliphatic heterocycles. The maximum absolute atomic E-state index is 13.4. The van der Waals surface area contributed by atoms with Gasteiger partial charge in [-0.25, -0.2) is 16.8 Å². The third-order valence-electron chi connectivity index (χ3n) is 6.75. The van der Waals surface area contributed by atoms with E-state index in [1.807, 2.05) is 26.0 Å². The number of hydrogen-bond acceptors (Lipinski definition) is 6. The molecule has 1 amide bonds. The predicted molar refractivity (Wildman–Crippen MR) is 159 cm³/mol. The summed E-state index contributed by atoms with van der Waals surface area (Å²) in [5.74, 6) is -0.527. The average molecular weight is 592 g/mol. The Labute approximate surface area is 239 Å². The summed E-state index contributed by atoms with van der Waals surface area (Å²) in [6, 6.07) is 26.5. The standard InChI is InChI=1S/C30H29N3O6S2/c1-21-12-13-25(18-22(21)2)32-41(37,38)26-16-14-24(15-17-26)31-30(34)29-19-33(27-10-6-7-11-28(27)39-29)40(35,36)20-23-8-4-3-5-9-23/h3-18,29,32H,19-20H2,1-2H3,(H,31,34)/t29-/m0/s1. The summed E-state index contributed by atoms with van der Waals surface area (Å²) in [5.41, 5.74) is 3.78. The highest BCUT2D eigenvalue weighted by molar-refractivity contribution is 7.92. The van der Waals surface area contributed by atoms with Crippen LogP contribution in [0.1, 0.15) is 16.7 Å². The summed E-state index contributed by atoms with van der Waals surface area (Å²) in [4.78, 5) is 13.2. The van der Waals surface area contributed by atoms with Gasteiger partial charge in [-0.1, -0.05) is 48.5 Å². The fraction of sp³-hybridized carbons (Fsp3) is 0.167. The Balaban J connectivity index is 1.31. The molecule has 0 unspecified atom stereocenters. The van der Waals surface area contributed by atoms with Gasteiger partial charge in [-0.2, -0.15) is 0 Å². The highest BCUT2D eigenvalue weighted by atomic mass is 32.2. The van der Waals surface area contributed by atoms with Gasteiger partial charge in [0.05, 0.1) is 22.9 Å². The van der Waals surface area contributed by atoms with E-state index in [2.05, 4.69) is 10.0 Å². The van der Waals surface area contributed by atoms with E-state index in [1.54, 1.807) is 60.7 Å². The number of aryl methyl sites for hydroxylation is 2. The number of amides is 1. The molecule has 0 aliphatic carbocycles. The van der Waals surface area contributed by atoms with Crippen molar-refractivity contribution in [2.45, 2.75) is 30.6 Å². The Kier molecular flexibility index (Phi) is 7.74. The predicted octanol–water partition coefficient (Wildman–Crippen LogP) is 4.84. The van der Waals surface area contributed by atoms with Gasteiger partial charge in [0, 0.05) is 11.4 Å². The molecule has 11 heteroatoms. The zero-order valence-electron chi connectivity index (χ0n) is 22.4. The molecule has 0 saturated heterocycles. The lowest BCUT2D eigenvalue weighted by atomic mass is 10.1. The molecular weight excluding hydrogens is 562 g/mol. The lowest BCUT2D eigenvalue weighted by Crippen LogP contribution is -2.49. The Morgan fingerprint density at radius 2 is 1.49 bits per heavy atom. The van der Waals surface area contributed by atoms with Gasteiger partial charge >= 0.3 is 0 Å². The number of carbonyl (C=O) groups is 1. The number of ether oxygens (including phenoxy) is 1. The van der Waals surface area contributed by atoms with E-state index in [9.17, 15) is 21.6 Å². The van der Waals surface area contributed by atoms with Crippen molar-refractivity contribution in [3.63, 3.8) is 0 Å². The molecule has 41 heavy (non-hydrogen) atoms. The summed E-state index contributed by atoms with van der Waals surface area (Å²) >= 11 is 0. The summed E-state index contributed by atoms with van der Waals surface area (Å²) in [6.45, 7) is 3.63. The second-order valence-electron chi connectivity index (χ2n) is 9.77. The van der Waals surface area contributed by atoms with Crippen molar-refractivity contribution in [1.82, 2.24) is 0 Å². The van der Waals surface area contributed by atoms with Crippen LogP contribution in [0, 0.1) is 13.8 Å². The topological polar surface area (TPSA) is 122 Å². The number of nitrogens with one attached hydrogen (secondary N) is 2. The first-order valence-corrected chi connectivity index (χ1v) is 15.9. The van der Waals surface area contributed by atoms with Gasteiger partial charge in [-0.3, -0.25) is 13.8 Å². The van der Waals surface area contributed by atoms with Crippen LogP contribution >= 0.6 is 0 Å². The first-order chi connectivity index (χ1) is 19.5. The first-order valence-electron chi connectivity index (χ1n) is 12.8. The molecule has 0 spiro atoms.